The lowest BCUT2D eigenvalue weighted by Crippen LogP contribution is -2.51. The predicted molar refractivity (Wildman–Crippen MR) is 92.7 cm³/mol. The molecule has 1 aliphatic rings. The number of nitrogens with one attached hydrogen (secondary N) is 2. The SMILES string of the molecule is COC(=O)[C@@H]1Cc2ccccc2CN1CC(=O)NC(=O)NCC(C)C. The van der Waals surface area contributed by atoms with Gasteiger partial charge < -0.3 is 10.1 Å². The molecule has 0 unspecified atom stereocenters. The fourth-order valence-electron chi connectivity index (χ4n) is 2.80. The van der Waals surface area contributed by atoms with Crippen LogP contribution in [0.15, 0.2) is 24.3 Å². The number of fused-ring (bicyclic) bond motifs is 1. The summed E-state index contributed by atoms with van der Waals surface area (Å²) in [6.45, 7) is 4.82. The Morgan fingerprint density at radius 3 is 2.56 bits per heavy atom. The lowest BCUT2D eigenvalue weighted by Gasteiger charge is -2.34. The van der Waals surface area contributed by atoms with Crippen LogP contribution >= 0.6 is 0 Å². The third kappa shape index (κ3) is 5.29. The quantitative estimate of drug-likeness (QED) is 0.778. The Kier molecular flexibility index (Phi) is 6.52. The van der Waals surface area contributed by atoms with Crippen molar-refractivity contribution < 1.29 is 19.1 Å². The first-order valence-corrected chi connectivity index (χ1v) is 8.37. The molecule has 3 amide bonds. The summed E-state index contributed by atoms with van der Waals surface area (Å²) in [4.78, 5) is 37.7. The standard InChI is InChI=1S/C18H25N3O4/c1-12(2)9-19-18(24)20-16(22)11-21-10-14-7-5-4-6-13(14)8-15(21)17(23)25-3/h4-7,12,15H,8-11H2,1-3H3,(H2,19,20,22,24)/t15-/m0/s1. The lowest BCUT2D eigenvalue weighted by atomic mass is 9.94. The van der Waals surface area contributed by atoms with E-state index < -0.39 is 18.0 Å². The molecule has 7 heteroatoms. The summed E-state index contributed by atoms with van der Waals surface area (Å²) < 4.78 is 4.87. The first kappa shape index (κ1) is 18.9. The molecular weight excluding hydrogens is 322 g/mol. The minimum atomic E-state index is -0.538. The third-order valence-corrected chi connectivity index (χ3v) is 4.09. The van der Waals surface area contributed by atoms with Crippen LogP contribution in [-0.4, -0.2) is 49.0 Å². The first-order valence-electron chi connectivity index (χ1n) is 8.37. The third-order valence-electron chi connectivity index (χ3n) is 4.09. The van der Waals surface area contributed by atoms with Gasteiger partial charge in [-0.05, 0) is 23.5 Å². The Labute approximate surface area is 147 Å². The number of carbonyl (C=O) groups is 3. The molecule has 1 aromatic carbocycles. The number of nitrogens with zero attached hydrogens (tertiary/aromatic N) is 1. The van der Waals surface area contributed by atoms with Gasteiger partial charge in [0, 0.05) is 13.1 Å². The second-order valence-electron chi connectivity index (χ2n) is 6.57. The van der Waals surface area contributed by atoms with E-state index >= 15 is 0 Å². The molecule has 0 aromatic heterocycles. The van der Waals surface area contributed by atoms with Crippen LogP contribution in [0.2, 0.25) is 0 Å². The van der Waals surface area contributed by atoms with Gasteiger partial charge in [-0.1, -0.05) is 38.1 Å². The maximum atomic E-state index is 12.2. The van der Waals surface area contributed by atoms with E-state index in [4.69, 9.17) is 4.74 Å². The van der Waals surface area contributed by atoms with Crippen LogP contribution in [0.1, 0.15) is 25.0 Å². The molecule has 1 atom stereocenters. The summed E-state index contributed by atoms with van der Waals surface area (Å²) in [7, 11) is 1.33. The van der Waals surface area contributed by atoms with E-state index in [9.17, 15) is 14.4 Å². The largest absolute Gasteiger partial charge is 0.468 e. The molecule has 1 heterocycles. The Bertz CT molecular complexity index is 645. The summed E-state index contributed by atoms with van der Waals surface area (Å²) in [5, 5.41) is 4.93. The zero-order valence-electron chi connectivity index (χ0n) is 14.9. The Hall–Kier alpha value is -2.41. The van der Waals surface area contributed by atoms with Crippen molar-refractivity contribution in [3.8, 4) is 0 Å². The normalized spacial score (nSPS) is 16.9. The molecule has 25 heavy (non-hydrogen) atoms. The van der Waals surface area contributed by atoms with Gasteiger partial charge in [0.05, 0.1) is 13.7 Å². The smallest absolute Gasteiger partial charge is 0.323 e. The minimum absolute atomic E-state index is 0.0524. The topological polar surface area (TPSA) is 87.7 Å². The number of ether oxygens (including phenoxy) is 1. The molecule has 2 N–H and O–H groups in total. The van der Waals surface area contributed by atoms with E-state index in [-0.39, 0.29) is 12.5 Å². The van der Waals surface area contributed by atoms with Crippen molar-refractivity contribution in [1.82, 2.24) is 15.5 Å². The van der Waals surface area contributed by atoms with Crippen molar-refractivity contribution in [2.45, 2.75) is 32.9 Å². The molecule has 1 aliphatic heterocycles. The van der Waals surface area contributed by atoms with Gasteiger partial charge in [0.25, 0.3) is 0 Å². The molecule has 0 bridgehead atoms. The fourth-order valence-corrected chi connectivity index (χ4v) is 2.80. The van der Waals surface area contributed by atoms with E-state index in [1.165, 1.54) is 7.11 Å². The van der Waals surface area contributed by atoms with Crippen molar-refractivity contribution in [2.75, 3.05) is 20.2 Å². The average molecular weight is 347 g/mol. The number of hydrogen-bond donors (Lipinski definition) is 2. The van der Waals surface area contributed by atoms with Gasteiger partial charge in [-0.2, -0.15) is 0 Å². The van der Waals surface area contributed by atoms with Crippen molar-refractivity contribution in [2.24, 2.45) is 5.92 Å². The van der Waals surface area contributed by atoms with Gasteiger partial charge >= 0.3 is 12.0 Å². The van der Waals surface area contributed by atoms with Crippen molar-refractivity contribution >= 4 is 17.9 Å². The van der Waals surface area contributed by atoms with Crippen LogP contribution in [0.5, 0.6) is 0 Å². The number of methoxy groups -OCH3 is 1. The molecule has 0 saturated heterocycles. The van der Waals surface area contributed by atoms with Crippen LogP contribution in [0.3, 0.4) is 0 Å². The van der Waals surface area contributed by atoms with E-state index in [2.05, 4.69) is 10.6 Å². The molecule has 136 valence electrons. The van der Waals surface area contributed by atoms with Crippen LogP contribution in [0.4, 0.5) is 4.79 Å². The second-order valence-corrected chi connectivity index (χ2v) is 6.57. The fraction of sp³-hybridized carbons (Fsp3) is 0.500. The summed E-state index contributed by atoms with van der Waals surface area (Å²) in [5.41, 5.74) is 2.14. The molecule has 7 nitrogen and oxygen atoms in total. The van der Waals surface area contributed by atoms with Gasteiger partial charge in [-0.15, -0.1) is 0 Å². The molecule has 2 rings (SSSR count). The highest BCUT2D eigenvalue weighted by atomic mass is 16.5. The number of urea groups is 1. The highest BCUT2D eigenvalue weighted by Crippen LogP contribution is 2.23. The Morgan fingerprint density at radius 2 is 1.92 bits per heavy atom. The molecule has 1 aromatic rings. The van der Waals surface area contributed by atoms with E-state index in [0.29, 0.717) is 25.4 Å². The number of benzene rings is 1. The maximum Gasteiger partial charge on any atom is 0.323 e. The number of carbonyl (C=O) groups excluding carboxylic acids is 3. The summed E-state index contributed by atoms with van der Waals surface area (Å²) in [5.74, 6) is -0.538. The number of esters is 1. The Balaban J connectivity index is 2.01. The van der Waals surface area contributed by atoms with Gasteiger partial charge in [0.1, 0.15) is 6.04 Å². The van der Waals surface area contributed by atoms with Gasteiger partial charge in [-0.3, -0.25) is 19.8 Å². The molecule has 0 aliphatic carbocycles. The summed E-state index contributed by atoms with van der Waals surface area (Å²) in [6.07, 6.45) is 0.482. The maximum absolute atomic E-state index is 12.2. The molecule has 0 radical (unpaired) electrons. The molecular formula is C18H25N3O4. The first-order chi connectivity index (χ1) is 11.9. The van der Waals surface area contributed by atoms with Crippen LogP contribution in [0.25, 0.3) is 0 Å². The van der Waals surface area contributed by atoms with Crippen molar-refractivity contribution in [3.05, 3.63) is 35.4 Å². The van der Waals surface area contributed by atoms with E-state index in [0.717, 1.165) is 11.1 Å². The van der Waals surface area contributed by atoms with Gasteiger partial charge in [-0.25, -0.2) is 4.79 Å². The number of hydrogen-bond acceptors (Lipinski definition) is 5. The number of imide groups is 1. The minimum Gasteiger partial charge on any atom is -0.468 e. The average Bonchev–Trinajstić information content (AvgIpc) is 2.58. The molecule has 0 fully saturated rings. The molecule has 0 spiro atoms. The summed E-state index contributed by atoms with van der Waals surface area (Å²) >= 11 is 0. The monoisotopic (exact) mass is 347 g/mol. The highest BCUT2D eigenvalue weighted by Gasteiger charge is 2.33. The van der Waals surface area contributed by atoms with E-state index in [1.54, 1.807) is 4.90 Å². The molecule has 0 saturated carbocycles. The lowest BCUT2D eigenvalue weighted by molar-refractivity contribution is -0.148. The summed E-state index contributed by atoms with van der Waals surface area (Å²) in [6, 6.07) is 6.74. The highest BCUT2D eigenvalue weighted by molar-refractivity contribution is 5.95. The Morgan fingerprint density at radius 1 is 1.24 bits per heavy atom. The van der Waals surface area contributed by atoms with Gasteiger partial charge in [0.2, 0.25) is 5.91 Å². The predicted octanol–water partition coefficient (Wildman–Crippen LogP) is 1.07. The van der Waals surface area contributed by atoms with Crippen LogP contribution in [0, 0.1) is 5.92 Å². The number of amides is 3. The van der Waals surface area contributed by atoms with Crippen molar-refractivity contribution in [1.29, 1.82) is 0 Å². The van der Waals surface area contributed by atoms with E-state index in [1.807, 2.05) is 38.1 Å². The van der Waals surface area contributed by atoms with Crippen LogP contribution in [-0.2, 0) is 27.3 Å². The van der Waals surface area contributed by atoms with Gasteiger partial charge in [0.15, 0.2) is 0 Å². The zero-order chi connectivity index (χ0) is 18.4. The zero-order valence-corrected chi connectivity index (χ0v) is 14.9. The van der Waals surface area contributed by atoms with Crippen LogP contribution < -0.4 is 10.6 Å². The van der Waals surface area contributed by atoms with Crippen molar-refractivity contribution in [3.63, 3.8) is 0 Å². The number of rotatable bonds is 5. The second kappa shape index (κ2) is 8.62.